The van der Waals surface area contributed by atoms with E-state index in [1.165, 1.54) is 71.9 Å². The Bertz CT molecular complexity index is 4270. The molecular weight excluding hydrogens is 919 g/mol. The molecule has 0 N–H and O–H groups in total. The van der Waals surface area contributed by atoms with Gasteiger partial charge in [0.05, 0.1) is 27.8 Å². The average Bonchev–Trinajstić information content (AvgIpc) is 4.30. The van der Waals surface area contributed by atoms with Crippen LogP contribution in [0.1, 0.15) is 22.3 Å². The third-order valence-corrected chi connectivity index (χ3v) is 15.9. The van der Waals surface area contributed by atoms with E-state index in [1.54, 1.807) is 0 Å². The molecule has 15 rings (SSSR count). The second-order valence-corrected chi connectivity index (χ2v) is 20.0. The van der Waals surface area contributed by atoms with Gasteiger partial charge in [0.15, 0.2) is 0 Å². The molecule has 1 spiro atoms. The first-order valence-corrected chi connectivity index (χ1v) is 26.3. The molecule has 1 aromatic heterocycles. The van der Waals surface area contributed by atoms with E-state index in [1.807, 2.05) is 0 Å². The Hall–Kier alpha value is -9.96. The summed E-state index contributed by atoms with van der Waals surface area (Å²) in [6, 6.07) is 110. The van der Waals surface area contributed by atoms with Gasteiger partial charge in [-0.05, 0) is 147 Å². The Kier molecular flexibility index (Phi) is 10.1. The second-order valence-electron chi connectivity index (χ2n) is 20.0. The van der Waals surface area contributed by atoms with Crippen LogP contribution in [-0.4, -0.2) is 4.57 Å². The summed E-state index contributed by atoms with van der Waals surface area (Å²) in [5, 5.41) is 2.44. The Morgan fingerprint density at radius 2 is 0.645 bits per heavy atom. The maximum Gasteiger partial charge on any atom is 0.0727 e. The van der Waals surface area contributed by atoms with E-state index >= 15 is 0 Å². The zero-order valence-electron chi connectivity index (χ0n) is 41.6. The smallest absolute Gasteiger partial charge is 0.0727 e. The first-order chi connectivity index (χ1) is 37.7. The molecule has 1 heterocycles. The van der Waals surface area contributed by atoms with Crippen LogP contribution < -0.4 is 9.80 Å². The summed E-state index contributed by atoms with van der Waals surface area (Å²) in [6.07, 6.45) is 0. The summed E-state index contributed by atoms with van der Waals surface area (Å²) >= 11 is 0. The Balaban J connectivity index is 1.06. The number of aromatic nitrogens is 1. The second kappa shape index (κ2) is 17.6. The fourth-order valence-corrected chi connectivity index (χ4v) is 12.8. The van der Waals surface area contributed by atoms with Crippen molar-refractivity contribution in [3.8, 4) is 50.2 Å². The third-order valence-electron chi connectivity index (χ3n) is 15.9. The van der Waals surface area contributed by atoms with Gasteiger partial charge in [0.25, 0.3) is 0 Å². The highest BCUT2D eigenvalue weighted by Gasteiger charge is 2.53. The summed E-state index contributed by atoms with van der Waals surface area (Å²) in [5.41, 5.74) is 24.1. The molecule has 0 amide bonds. The van der Waals surface area contributed by atoms with E-state index < -0.39 is 5.41 Å². The van der Waals surface area contributed by atoms with Crippen molar-refractivity contribution in [1.29, 1.82) is 0 Å². The van der Waals surface area contributed by atoms with Gasteiger partial charge in [0, 0.05) is 50.3 Å². The Morgan fingerprint density at radius 1 is 0.250 bits per heavy atom. The van der Waals surface area contributed by atoms with Crippen molar-refractivity contribution < 1.29 is 0 Å². The highest BCUT2D eigenvalue weighted by atomic mass is 15.2. The molecule has 356 valence electrons. The molecule has 0 fully saturated rings. The summed E-state index contributed by atoms with van der Waals surface area (Å²) in [4.78, 5) is 4.96. The number of fused-ring (bicyclic) bond motifs is 13. The molecule has 3 nitrogen and oxygen atoms in total. The van der Waals surface area contributed by atoms with Gasteiger partial charge in [-0.15, -0.1) is 0 Å². The van der Waals surface area contributed by atoms with Crippen molar-refractivity contribution in [2.45, 2.75) is 5.41 Å². The van der Waals surface area contributed by atoms with Crippen LogP contribution >= 0.6 is 0 Å². The normalized spacial score (nSPS) is 13.8. The number of anilines is 6. The Labute approximate surface area is 443 Å². The number of para-hydroxylation sites is 5. The lowest BCUT2D eigenvalue weighted by molar-refractivity contribution is 0.793. The summed E-state index contributed by atoms with van der Waals surface area (Å²) < 4.78 is 2.42. The summed E-state index contributed by atoms with van der Waals surface area (Å²) in [5.74, 6) is 0. The van der Waals surface area contributed by atoms with E-state index in [2.05, 4.69) is 312 Å². The van der Waals surface area contributed by atoms with Gasteiger partial charge in [0.2, 0.25) is 0 Å². The Morgan fingerprint density at radius 3 is 1.14 bits per heavy atom. The predicted octanol–water partition coefficient (Wildman–Crippen LogP) is 19.4. The van der Waals surface area contributed by atoms with Gasteiger partial charge in [-0.2, -0.15) is 0 Å². The zero-order chi connectivity index (χ0) is 50.2. The maximum absolute atomic E-state index is 2.56. The lowest BCUT2D eigenvalue weighted by Crippen LogP contribution is -2.27. The molecule has 0 saturated heterocycles. The molecule has 12 aromatic carbocycles. The van der Waals surface area contributed by atoms with Crippen molar-refractivity contribution in [1.82, 2.24) is 4.57 Å². The van der Waals surface area contributed by atoms with Crippen molar-refractivity contribution in [2.75, 3.05) is 9.80 Å². The highest BCUT2D eigenvalue weighted by Crippen LogP contribution is 2.65. The average molecular weight is 968 g/mol. The van der Waals surface area contributed by atoms with Crippen LogP contribution in [0.25, 0.3) is 72.0 Å². The van der Waals surface area contributed by atoms with Gasteiger partial charge in [-0.3, -0.25) is 0 Å². The molecule has 0 radical (unpaired) electrons. The molecule has 1 unspecified atom stereocenters. The van der Waals surface area contributed by atoms with E-state index in [0.717, 1.165) is 56.5 Å². The molecule has 76 heavy (non-hydrogen) atoms. The minimum atomic E-state index is -0.684. The van der Waals surface area contributed by atoms with Crippen LogP contribution in [0.3, 0.4) is 0 Å². The van der Waals surface area contributed by atoms with Crippen LogP contribution in [0, 0.1) is 0 Å². The molecule has 2 aliphatic rings. The predicted molar refractivity (Wildman–Crippen MR) is 317 cm³/mol. The number of hydrogen-bond acceptors (Lipinski definition) is 2. The minimum Gasteiger partial charge on any atom is -0.310 e. The van der Waals surface area contributed by atoms with E-state index in [-0.39, 0.29) is 0 Å². The first-order valence-electron chi connectivity index (χ1n) is 26.3. The van der Waals surface area contributed by atoms with Crippen molar-refractivity contribution >= 4 is 55.9 Å². The largest absolute Gasteiger partial charge is 0.310 e. The fourth-order valence-electron chi connectivity index (χ4n) is 12.8. The van der Waals surface area contributed by atoms with Crippen LogP contribution in [0.2, 0.25) is 0 Å². The number of nitrogens with zero attached hydrogens (tertiary/aromatic N) is 3. The SMILES string of the molecule is c1ccc(-c2cc3c(cc2N(c2ccccc2)c2ccccc2)C2(c4ccccc4-3)c3ccccc3-c3cc(-c4ccccc4)c(N(c4ccccc4)c4ccc5c6ccccc6n(-c6ccccc6)c5c4)cc32)cc1. The molecule has 2 aliphatic carbocycles. The van der Waals surface area contributed by atoms with E-state index in [0.29, 0.717) is 0 Å². The van der Waals surface area contributed by atoms with Gasteiger partial charge >= 0.3 is 0 Å². The van der Waals surface area contributed by atoms with E-state index in [9.17, 15) is 0 Å². The van der Waals surface area contributed by atoms with Crippen LogP contribution in [0.15, 0.2) is 297 Å². The lowest BCUT2D eigenvalue weighted by Gasteiger charge is -2.35. The molecule has 0 saturated carbocycles. The molecule has 3 heteroatoms. The molecular formula is C73H49N3. The first kappa shape index (κ1) is 43.6. The third kappa shape index (κ3) is 6.62. The summed E-state index contributed by atoms with van der Waals surface area (Å²) in [6.45, 7) is 0. The van der Waals surface area contributed by atoms with Crippen molar-refractivity contribution in [2.24, 2.45) is 0 Å². The van der Waals surface area contributed by atoms with Gasteiger partial charge in [0.1, 0.15) is 0 Å². The molecule has 0 bridgehead atoms. The highest BCUT2D eigenvalue weighted by molar-refractivity contribution is 6.11. The van der Waals surface area contributed by atoms with Gasteiger partial charge in [-0.25, -0.2) is 0 Å². The quantitative estimate of drug-likeness (QED) is 0.143. The number of benzene rings is 12. The fraction of sp³-hybridized carbons (Fsp3) is 0.0137. The number of rotatable bonds is 9. The molecule has 0 aliphatic heterocycles. The van der Waals surface area contributed by atoms with Crippen molar-refractivity contribution in [3.05, 3.63) is 320 Å². The standard InChI is InChI=1S/C73H49N3/c1-7-25-50(26-8-1)61-46-63-57-37-19-22-40-65(57)73(67(63)48-71(61)74(52-29-11-3-12-30-52)53-31-13-4-14-32-53)66-41-23-20-38-58(66)64-47-62(51-27-9-2-10-28-51)72(49-68(64)73)75(54-33-15-5-16-34-54)56-43-44-60-59-39-21-24-42-69(59)76(70(60)45-56)55-35-17-6-18-36-55/h1-49H. The minimum absolute atomic E-state index is 0.684. The van der Waals surface area contributed by atoms with Gasteiger partial charge in [-0.1, -0.05) is 206 Å². The maximum atomic E-state index is 2.56. The monoisotopic (exact) mass is 967 g/mol. The van der Waals surface area contributed by atoms with Crippen LogP contribution in [0.4, 0.5) is 34.1 Å². The summed E-state index contributed by atoms with van der Waals surface area (Å²) in [7, 11) is 0. The molecule has 13 aromatic rings. The van der Waals surface area contributed by atoms with Crippen molar-refractivity contribution in [3.63, 3.8) is 0 Å². The lowest BCUT2D eigenvalue weighted by atomic mass is 9.70. The zero-order valence-corrected chi connectivity index (χ0v) is 41.6. The van der Waals surface area contributed by atoms with Crippen LogP contribution in [-0.2, 0) is 5.41 Å². The molecule has 1 atom stereocenters. The van der Waals surface area contributed by atoms with Crippen LogP contribution in [0.5, 0.6) is 0 Å². The number of hydrogen-bond donors (Lipinski definition) is 0. The van der Waals surface area contributed by atoms with Gasteiger partial charge < -0.3 is 14.4 Å². The topological polar surface area (TPSA) is 11.4 Å². The van der Waals surface area contributed by atoms with E-state index in [4.69, 9.17) is 0 Å².